The smallest absolute Gasteiger partial charge is 0.323 e. The Labute approximate surface area is 152 Å². The topological polar surface area (TPSA) is 90.5 Å². The number of aryl methyl sites for hydroxylation is 1. The number of aliphatic carboxylic acids is 1. The van der Waals surface area contributed by atoms with E-state index >= 15 is 0 Å². The van der Waals surface area contributed by atoms with Crippen LogP contribution < -0.4 is 5.56 Å². The van der Waals surface area contributed by atoms with Crippen LogP contribution >= 0.6 is 0 Å². The molecular formula is C20H24N2O4. The van der Waals surface area contributed by atoms with Crippen molar-refractivity contribution >= 4 is 11.9 Å². The average molecular weight is 356 g/mol. The number of pyridine rings is 1. The van der Waals surface area contributed by atoms with Crippen molar-refractivity contribution in [1.29, 1.82) is 0 Å². The summed E-state index contributed by atoms with van der Waals surface area (Å²) < 4.78 is 0. The van der Waals surface area contributed by atoms with E-state index < -0.39 is 18.4 Å². The summed E-state index contributed by atoms with van der Waals surface area (Å²) in [6.07, 6.45) is 0.632. The predicted octanol–water partition coefficient (Wildman–Crippen LogP) is 2.61. The molecule has 2 rings (SSSR count). The second-order valence-electron chi connectivity index (χ2n) is 6.84. The maximum atomic E-state index is 12.9. The summed E-state index contributed by atoms with van der Waals surface area (Å²) in [7, 11) is 0. The van der Waals surface area contributed by atoms with Gasteiger partial charge < -0.3 is 15.0 Å². The number of amides is 1. The van der Waals surface area contributed by atoms with Crippen molar-refractivity contribution in [2.24, 2.45) is 5.92 Å². The first-order valence-corrected chi connectivity index (χ1v) is 8.55. The van der Waals surface area contributed by atoms with Gasteiger partial charge in [0.1, 0.15) is 6.54 Å². The van der Waals surface area contributed by atoms with Gasteiger partial charge in [0.25, 0.3) is 5.91 Å². The molecule has 0 saturated carbocycles. The van der Waals surface area contributed by atoms with Gasteiger partial charge >= 0.3 is 5.97 Å². The quantitative estimate of drug-likeness (QED) is 0.798. The van der Waals surface area contributed by atoms with E-state index in [0.29, 0.717) is 18.0 Å². The molecule has 0 bridgehead atoms. The van der Waals surface area contributed by atoms with Crippen molar-refractivity contribution < 1.29 is 14.7 Å². The van der Waals surface area contributed by atoms with E-state index in [1.165, 1.54) is 11.0 Å². The number of H-pyrrole nitrogens is 1. The number of benzene rings is 1. The number of carboxylic acid groups (broad SMARTS) is 1. The molecule has 1 heterocycles. The molecule has 0 saturated heterocycles. The molecule has 1 aromatic heterocycles. The number of hydrogen-bond acceptors (Lipinski definition) is 3. The Balaban J connectivity index is 2.34. The number of carboxylic acids is 1. The third-order valence-electron chi connectivity index (χ3n) is 4.01. The third kappa shape index (κ3) is 5.31. The van der Waals surface area contributed by atoms with Crippen molar-refractivity contribution in [2.45, 2.75) is 33.7 Å². The fourth-order valence-electron chi connectivity index (χ4n) is 2.81. The number of carbonyl (C=O) groups excluding carboxylic acids is 1. The predicted molar refractivity (Wildman–Crippen MR) is 99.2 cm³/mol. The van der Waals surface area contributed by atoms with Gasteiger partial charge in [-0.3, -0.25) is 14.4 Å². The Hall–Kier alpha value is -2.89. The molecule has 1 amide bonds. The van der Waals surface area contributed by atoms with Gasteiger partial charge in [-0.05, 0) is 36.5 Å². The van der Waals surface area contributed by atoms with Crippen molar-refractivity contribution in [3.63, 3.8) is 0 Å². The summed E-state index contributed by atoms with van der Waals surface area (Å²) in [5, 5.41) is 9.19. The number of nitrogens with zero attached hydrogens (tertiary/aromatic N) is 1. The summed E-state index contributed by atoms with van der Waals surface area (Å²) in [5.74, 6) is -1.25. The summed E-state index contributed by atoms with van der Waals surface area (Å²) in [6.45, 7) is 5.68. The zero-order valence-corrected chi connectivity index (χ0v) is 15.3. The van der Waals surface area contributed by atoms with Crippen LogP contribution in [0.4, 0.5) is 0 Å². The lowest BCUT2D eigenvalue weighted by Gasteiger charge is -2.22. The Kier molecular flexibility index (Phi) is 6.33. The average Bonchev–Trinajstić information content (AvgIpc) is 2.54. The van der Waals surface area contributed by atoms with Gasteiger partial charge in [-0.15, -0.1) is 0 Å². The maximum absolute atomic E-state index is 12.9. The van der Waals surface area contributed by atoms with Gasteiger partial charge in [-0.25, -0.2) is 0 Å². The number of aromatic amines is 1. The Morgan fingerprint density at radius 2 is 1.88 bits per heavy atom. The van der Waals surface area contributed by atoms with Crippen LogP contribution in [0.15, 0.2) is 41.2 Å². The van der Waals surface area contributed by atoms with E-state index in [1.807, 2.05) is 45.0 Å². The second-order valence-corrected chi connectivity index (χ2v) is 6.84. The number of aromatic nitrogens is 1. The minimum atomic E-state index is -1.10. The number of rotatable bonds is 7. The van der Waals surface area contributed by atoms with Crippen molar-refractivity contribution in [2.75, 3.05) is 6.54 Å². The minimum Gasteiger partial charge on any atom is -0.480 e. The van der Waals surface area contributed by atoms with Crippen molar-refractivity contribution in [3.05, 3.63) is 69.1 Å². The first kappa shape index (κ1) is 19.4. The highest BCUT2D eigenvalue weighted by Crippen LogP contribution is 2.14. The van der Waals surface area contributed by atoms with E-state index in [-0.39, 0.29) is 17.7 Å². The highest BCUT2D eigenvalue weighted by Gasteiger charge is 2.20. The van der Waals surface area contributed by atoms with Gasteiger partial charge in [0, 0.05) is 23.9 Å². The van der Waals surface area contributed by atoms with Crippen LogP contribution in [0.25, 0.3) is 0 Å². The van der Waals surface area contributed by atoms with E-state index in [4.69, 9.17) is 0 Å². The maximum Gasteiger partial charge on any atom is 0.323 e. The van der Waals surface area contributed by atoms with Crippen LogP contribution in [-0.2, 0) is 17.8 Å². The highest BCUT2D eigenvalue weighted by atomic mass is 16.4. The lowest BCUT2D eigenvalue weighted by atomic mass is 10.0. The number of carbonyl (C=O) groups is 2. The summed E-state index contributed by atoms with van der Waals surface area (Å²) in [6, 6.07) is 10.4. The first-order valence-electron chi connectivity index (χ1n) is 8.55. The molecule has 6 heteroatoms. The first-order chi connectivity index (χ1) is 12.3. The van der Waals surface area contributed by atoms with E-state index in [1.54, 1.807) is 6.07 Å². The number of nitrogens with one attached hydrogen (secondary N) is 1. The van der Waals surface area contributed by atoms with Crippen LogP contribution in [0, 0.1) is 12.8 Å². The molecule has 0 aliphatic carbocycles. The second kappa shape index (κ2) is 8.47. The van der Waals surface area contributed by atoms with E-state index in [9.17, 15) is 19.5 Å². The van der Waals surface area contributed by atoms with Crippen molar-refractivity contribution in [1.82, 2.24) is 9.88 Å². The Bertz CT molecular complexity index is 855. The van der Waals surface area contributed by atoms with Crippen LogP contribution in [0.2, 0.25) is 0 Å². The highest BCUT2D eigenvalue weighted by molar-refractivity contribution is 5.95. The lowest BCUT2D eigenvalue weighted by Crippen LogP contribution is -2.36. The molecule has 0 aliphatic heterocycles. The molecule has 0 radical (unpaired) electrons. The Morgan fingerprint density at radius 1 is 1.19 bits per heavy atom. The summed E-state index contributed by atoms with van der Waals surface area (Å²) in [4.78, 5) is 40.0. The summed E-state index contributed by atoms with van der Waals surface area (Å²) in [5.41, 5.74) is 2.36. The van der Waals surface area contributed by atoms with Crippen LogP contribution in [-0.4, -0.2) is 33.4 Å². The van der Waals surface area contributed by atoms with Crippen LogP contribution in [0.3, 0.4) is 0 Å². The van der Waals surface area contributed by atoms with Crippen LogP contribution in [0.1, 0.15) is 41.0 Å². The fraction of sp³-hybridized carbons (Fsp3) is 0.350. The molecule has 1 aromatic carbocycles. The molecule has 0 aliphatic rings. The van der Waals surface area contributed by atoms with Crippen molar-refractivity contribution in [3.8, 4) is 0 Å². The monoisotopic (exact) mass is 356 g/mol. The van der Waals surface area contributed by atoms with Gasteiger partial charge in [-0.2, -0.15) is 0 Å². The SMILES string of the molecule is Cc1ccccc1CN(CC(=O)O)C(=O)c1cc(CC(C)C)[nH]c(=O)c1. The zero-order chi connectivity index (χ0) is 19.3. The molecular weight excluding hydrogens is 332 g/mol. The van der Waals surface area contributed by atoms with Gasteiger partial charge in [-0.1, -0.05) is 38.1 Å². The number of hydrogen-bond donors (Lipinski definition) is 2. The molecule has 6 nitrogen and oxygen atoms in total. The zero-order valence-electron chi connectivity index (χ0n) is 15.3. The van der Waals surface area contributed by atoms with Gasteiger partial charge in [0.05, 0.1) is 0 Å². The molecule has 138 valence electrons. The molecule has 0 atom stereocenters. The normalized spacial score (nSPS) is 10.8. The van der Waals surface area contributed by atoms with Crippen LogP contribution in [0.5, 0.6) is 0 Å². The molecule has 0 spiro atoms. The van der Waals surface area contributed by atoms with Gasteiger partial charge in [0.2, 0.25) is 5.56 Å². The summed E-state index contributed by atoms with van der Waals surface area (Å²) >= 11 is 0. The molecule has 0 unspecified atom stereocenters. The molecule has 2 aromatic rings. The fourth-order valence-corrected chi connectivity index (χ4v) is 2.81. The molecule has 2 N–H and O–H groups in total. The van der Waals surface area contributed by atoms with Gasteiger partial charge in [0.15, 0.2) is 0 Å². The molecule has 0 fully saturated rings. The molecule has 26 heavy (non-hydrogen) atoms. The lowest BCUT2D eigenvalue weighted by molar-refractivity contribution is -0.137. The standard InChI is InChI=1S/C20H24N2O4/c1-13(2)8-17-9-16(10-18(23)21-17)20(26)22(12-19(24)25)11-15-7-5-4-6-14(15)3/h4-7,9-10,13H,8,11-12H2,1-3H3,(H,21,23)(H,24,25). The van der Waals surface area contributed by atoms with E-state index in [2.05, 4.69) is 4.98 Å². The Morgan fingerprint density at radius 3 is 2.50 bits per heavy atom. The minimum absolute atomic E-state index is 0.171. The third-order valence-corrected chi connectivity index (χ3v) is 4.01. The van der Waals surface area contributed by atoms with E-state index in [0.717, 1.165) is 11.1 Å². The largest absolute Gasteiger partial charge is 0.480 e.